The molecule has 1 atom stereocenters. The first-order valence-electron chi connectivity index (χ1n) is 9.21. The summed E-state index contributed by atoms with van der Waals surface area (Å²) >= 11 is 0. The van der Waals surface area contributed by atoms with Crippen LogP contribution < -0.4 is 10.6 Å². The molecule has 0 spiro atoms. The summed E-state index contributed by atoms with van der Waals surface area (Å²) in [6.07, 6.45) is -1.79. The van der Waals surface area contributed by atoms with Crippen molar-refractivity contribution < 1.29 is 27.5 Å². The van der Waals surface area contributed by atoms with Crippen LogP contribution in [-0.2, 0) is 10.9 Å². The van der Waals surface area contributed by atoms with Crippen molar-refractivity contribution in [3.05, 3.63) is 41.7 Å². The van der Waals surface area contributed by atoms with E-state index in [1.165, 1.54) is 31.2 Å². The van der Waals surface area contributed by atoms with Crippen LogP contribution in [0.3, 0.4) is 0 Å². The van der Waals surface area contributed by atoms with Crippen molar-refractivity contribution in [2.24, 2.45) is 5.92 Å². The third-order valence-corrected chi connectivity index (χ3v) is 4.59. The zero-order chi connectivity index (χ0) is 21.2. The van der Waals surface area contributed by atoms with Gasteiger partial charge in [-0.15, -0.1) is 0 Å². The number of anilines is 1. The molecule has 3 rings (SSSR count). The summed E-state index contributed by atoms with van der Waals surface area (Å²) < 4.78 is 45.9. The highest BCUT2D eigenvalue weighted by Gasteiger charge is 2.41. The Balaban J connectivity index is 1.78. The van der Waals surface area contributed by atoms with E-state index in [0.29, 0.717) is 16.3 Å². The molecule has 156 valence electrons. The lowest BCUT2D eigenvalue weighted by molar-refractivity contribution is -0.143. The normalized spacial score (nSPS) is 14.9. The minimum Gasteiger partial charge on any atom is -0.462 e. The van der Waals surface area contributed by atoms with Gasteiger partial charge in [-0.3, -0.25) is 0 Å². The zero-order valence-electron chi connectivity index (χ0n) is 15.9. The minimum absolute atomic E-state index is 0.0525. The van der Waals surface area contributed by atoms with E-state index in [2.05, 4.69) is 20.5 Å². The Labute approximate surface area is 165 Å². The number of urea groups is 1. The van der Waals surface area contributed by atoms with Crippen molar-refractivity contribution in [3.8, 4) is 5.69 Å². The van der Waals surface area contributed by atoms with Crippen LogP contribution in [0, 0.1) is 5.92 Å². The first kappa shape index (κ1) is 20.7. The van der Waals surface area contributed by atoms with E-state index in [1.54, 1.807) is 0 Å². The van der Waals surface area contributed by atoms with E-state index in [1.807, 2.05) is 6.92 Å². The standard InChI is InChI=1S/C19H21F3N4O3/c1-3-29-17(27)15-10-23-26(16(15)19(20,21)22)14-8-6-13(7-9-14)25-18(28)24-11(2)12-4-5-12/h6-12H,3-5H2,1-2H3,(H2,24,25,28). The molecule has 1 aliphatic carbocycles. The number of alkyl halides is 3. The molecule has 1 aromatic carbocycles. The van der Waals surface area contributed by atoms with E-state index in [4.69, 9.17) is 0 Å². The number of rotatable bonds is 6. The first-order chi connectivity index (χ1) is 13.7. The van der Waals surface area contributed by atoms with E-state index in [9.17, 15) is 22.8 Å². The van der Waals surface area contributed by atoms with Crippen LogP contribution in [0.4, 0.5) is 23.7 Å². The first-order valence-corrected chi connectivity index (χ1v) is 9.21. The number of amides is 2. The van der Waals surface area contributed by atoms with Crippen molar-refractivity contribution in [2.45, 2.75) is 38.9 Å². The van der Waals surface area contributed by atoms with Crippen LogP contribution in [0.25, 0.3) is 5.69 Å². The fourth-order valence-corrected chi connectivity index (χ4v) is 2.95. The summed E-state index contributed by atoms with van der Waals surface area (Å²) in [4.78, 5) is 23.8. The molecular weight excluding hydrogens is 389 g/mol. The Morgan fingerprint density at radius 1 is 1.28 bits per heavy atom. The van der Waals surface area contributed by atoms with E-state index in [-0.39, 0.29) is 24.4 Å². The fraction of sp³-hybridized carbons (Fsp3) is 0.421. The molecule has 1 unspecified atom stereocenters. The number of benzene rings is 1. The molecular formula is C19H21F3N4O3. The molecule has 0 bridgehead atoms. The number of aromatic nitrogens is 2. The maximum Gasteiger partial charge on any atom is 0.434 e. The van der Waals surface area contributed by atoms with Crippen molar-refractivity contribution in [1.29, 1.82) is 0 Å². The topological polar surface area (TPSA) is 85.2 Å². The summed E-state index contributed by atoms with van der Waals surface area (Å²) in [5.74, 6) is -0.594. The highest BCUT2D eigenvalue weighted by atomic mass is 19.4. The molecule has 7 nitrogen and oxygen atoms in total. The molecule has 1 saturated carbocycles. The molecule has 2 amide bonds. The number of halogens is 3. The number of carbonyl (C=O) groups is 2. The zero-order valence-corrected chi connectivity index (χ0v) is 15.9. The smallest absolute Gasteiger partial charge is 0.434 e. The summed E-state index contributed by atoms with van der Waals surface area (Å²) in [5.41, 5.74) is -1.37. The van der Waals surface area contributed by atoms with Crippen LogP contribution in [0.15, 0.2) is 30.5 Å². The summed E-state index contributed by atoms with van der Waals surface area (Å²) in [7, 11) is 0. The molecule has 29 heavy (non-hydrogen) atoms. The molecule has 1 heterocycles. The van der Waals surface area contributed by atoms with Gasteiger partial charge in [-0.2, -0.15) is 18.3 Å². The number of nitrogens with zero attached hydrogens (tertiary/aromatic N) is 2. The molecule has 10 heteroatoms. The molecule has 1 fully saturated rings. The lowest BCUT2D eigenvalue weighted by atomic mass is 10.2. The Morgan fingerprint density at radius 2 is 1.93 bits per heavy atom. The van der Waals surface area contributed by atoms with Gasteiger partial charge in [-0.05, 0) is 56.9 Å². The second-order valence-corrected chi connectivity index (χ2v) is 6.81. The van der Waals surface area contributed by atoms with Crippen LogP contribution in [0.2, 0.25) is 0 Å². The van der Waals surface area contributed by atoms with Crippen LogP contribution in [0.1, 0.15) is 42.7 Å². The maximum atomic E-state index is 13.5. The average Bonchev–Trinajstić information content (AvgIpc) is 3.39. The molecule has 0 aliphatic heterocycles. The quantitative estimate of drug-likeness (QED) is 0.706. The minimum atomic E-state index is -4.81. The van der Waals surface area contributed by atoms with Gasteiger partial charge in [0, 0.05) is 11.7 Å². The maximum absolute atomic E-state index is 13.5. The Morgan fingerprint density at radius 3 is 2.48 bits per heavy atom. The van der Waals surface area contributed by atoms with Gasteiger partial charge in [-0.1, -0.05) is 0 Å². The second kappa shape index (κ2) is 8.14. The van der Waals surface area contributed by atoms with Gasteiger partial charge in [0.1, 0.15) is 5.56 Å². The third-order valence-electron chi connectivity index (χ3n) is 4.59. The van der Waals surface area contributed by atoms with Crippen molar-refractivity contribution in [2.75, 3.05) is 11.9 Å². The number of carbonyl (C=O) groups excluding carboxylic acids is 2. The van der Waals surface area contributed by atoms with Crippen molar-refractivity contribution >= 4 is 17.7 Å². The highest BCUT2D eigenvalue weighted by Crippen LogP contribution is 2.34. The predicted molar refractivity (Wildman–Crippen MR) is 98.9 cm³/mol. The molecule has 1 aromatic heterocycles. The average molecular weight is 410 g/mol. The van der Waals surface area contributed by atoms with Crippen molar-refractivity contribution in [1.82, 2.24) is 15.1 Å². The predicted octanol–water partition coefficient (Wildman–Crippen LogP) is 3.99. The van der Waals surface area contributed by atoms with Gasteiger partial charge in [0.15, 0.2) is 5.69 Å². The summed E-state index contributed by atoms with van der Waals surface area (Å²) in [6, 6.07) is 5.35. The molecule has 0 saturated heterocycles. The Kier molecular flexibility index (Phi) is 5.81. The SMILES string of the molecule is CCOC(=O)c1cnn(-c2ccc(NC(=O)NC(C)C3CC3)cc2)c1C(F)(F)F. The molecule has 2 N–H and O–H groups in total. The van der Waals surface area contributed by atoms with Gasteiger partial charge >= 0.3 is 18.2 Å². The number of esters is 1. The van der Waals surface area contributed by atoms with Gasteiger partial charge in [-0.25, -0.2) is 14.3 Å². The Hall–Kier alpha value is -3.04. The Bertz CT molecular complexity index is 889. The lowest BCUT2D eigenvalue weighted by Crippen LogP contribution is -2.37. The van der Waals surface area contributed by atoms with E-state index < -0.39 is 23.4 Å². The number of hydrogen-bond acceptors (Lipinski definition) is 4. The van der Waals surface area contributed by atoms with Crippen LogP contribution in [0.5, 0.6) is 0 Å². The second-order valence-electron chi connectivity index (χ2n) is 6.81. The van der Waals surface area contributed by atoms with Gasteiger partial charge in [0.05, 0.1) is 18.5 Å². The fourth-order valence-electron chi connectivity index (χ4n) is 2.95. The number of hydrogen-bond donors (Lipinski definition) is 2. The van der Waals surface area contributed by atoms with Crippen LogP contribution >= 0.6 is 0 Å². The molecule has 2 aromatic rings. The third kappa shape index (κ3) is 4.87. The number of nitrogens with one attached hydrogen (secondary N) is 2. The highest BCUT2D eigenvalue weighted by molar-refractivity contribution is 5.91. The summed E-state index contributed by atoms with van der Waals surface area (Å²) in [6.45, 7) is 3.38. The lowest BCUT2D eigenvalue weighted by Gasteiger charge is -2.15. The van der Waals surface area contributed by atoms with E-state index >= 15 is 0 Å². The van der Waals surface area contributed by atoms with Crippen molar-refractivity contribution in [3.63, 3.8) is 0 Å². The van der Waals surface area contributed by atoms with Gasteiger partial charge in [0.25, 0.3) is 0 Å². The summed E-state index contributed by atoms with van der Waals surface area (Å²) in [5, 5.41) is 9.18. The monoisotopic (exact) mass is 410 g/mol. The van der Waals surface area contributed by atoms with Gasteiger partial charge < -0.3 is 15.4 Å². The largest absolute Gasteiger partial charge is 0.462 e. The van der Waals surface area contributed by atoms with Gasteiger partial charge in [0.2, 0.25) is 0 Å². The molecule has 1 aliphatic rings. The molecule has 0 radical (unpaired) electrons. The number of ether oxygens (including phenoxy) is 1. The van der Waals surface area contributed by atoms with Crippen LogP contribution in [-0.4, -0.2) is 34.4 Å². The van der Waals surface area contributed by atoms with E-state index in [0.717, 1.165) is 19.0 Å².